The topological polar surface area (TPSA) is 35.2 Å². The second kappa shape index (κ2) is 4.62. The van der Waals surface area contributed by atoms with Gasteiger partial charge in [0.15, 0.2) is 0 Å². The first-order valence-electron chi connectivity index (χ1n) is 6.12. The van der Waals surface area contributed by atoms with Gasteiger partial charge in [-0.05, 0) is 36.5 Å². The fraction of sp³-hybridized carbons (Fsp3) is 0.571. The van der Waals surface area contributed by atoms with Gasteiger partial charge in [-0.3, -0.25) is 0 Å². The highest BCUT2D eigenvalue weighted by atomic mass is 79.9. The molecule has 1 aromatic carbocycles. The quantitative estimate of drug-likeness (QED) is 0.922. The summed E-state index contributed by atoms with van der Waals surface area (Å²) < 4.78 is 6.60. The number of rotatable bonds is 4. The molecule has 0 aromatic heterocycles. The van der Waals surface area contributed by atoms with Gasteiger partial charge in [-0.1, -0.05) is 29.8 Å². The van der Waals surface area contributed by atoms with Gasteiger partial charge < -0.3 is 10.5 Å². The molecule has 0 aliphatic heterocycles. The summed E-state index contributed by atoms with van der Waals surface area (Å²) in [6.07, 6.45) is 2.39. The number of ether oxygens (including phenoxy) is 1. The van der Waals surface area contributed by atoms with Gasteiger partial charge >= 0.3 is 0 Å². The zero-order valence-electron chi connectivity index (χ0n) is 10.7. The van der Waals surface area contributed by atoms with E-state index in [2.05, 4.69) is 35.8 Å². The van der Waals surface area contributed by atoms with Crippen LogP contribution in [0.5, 0.6) is 5.75 Å². The summed E-state index contributed by atoms with van der Waals surface area (Å²) in [6.45, 7) is 5.15. The van der Waals surface area contributed by atoms with Crippen LogP contribution in [0.2, 0.25) is 0 Å². The van der Waals surface area contributed by atoms with E-state index in [-0.39, 0.29) is 5.41 Å². The lowest BCUT2D eigenvalue weighted by molar-refractivity contribution is 0.405. The van der Waals surface area contributed by atoms with Crippen molar-refractivity contribution in [2.24, 2.45) is 5.73 Å². The van der Waals surface area contributed by atoms with Crippen molar-refractivity contribution in [1.29, 1.82) is 0 Å². The molecule has 17 heavy (non-hydrogen) atoms. The van der Waals surface area contributed by atoms with Gasteiger partial charge in [-0.15, -0.1) is 0 Å². The Bertz CT molecular complexity index is 424. The van der Waals surface area contributed by atoms with Crippen LogP contribution in [0.15, 0.2) is 16.6 Å². The SMILES string of the molecule is COc1cc(Br)cc(C2(CN)CC2)c1C(C)C. The first-order chi connectivity index (χ1) is 8.04. The molecule has 1 saturated carbocycles. The third-order valence-electron chi connectivity index (χ3n) is 3.72. The van der Waals surface area contributed by atoms with Crippen molar-refractivity contribution in [3.8, 4) is 5.75 Å². The number of halogens is 1. The van der Waals surface area contributed by atoms with E-state index in [1.165, 1.54) is 24.0 Å². The maximum atomic E-state index is 5.96. The van der Waals surface area contributed by atoms with Crippen LogP contribution in [0.3, 0.4) is 0 Å². The highest BCUT2D eigenvalue weighted by Gasteiger charge is 2.45. The Balaban J connectivity index is 2.60. The van der Waals surface area contributed by atoms with E-state index in [1.54, 1.807) is 7.11 Å². The van der Waals surface area contributed by atoms with E-state index in [4.69, 9.17) is 10.5 Å². The molecular formula is C14H20BrNO. The van der Waals surface area contributed by atoms with Gasteiger partial charge in [0.25, 0.3) is 0 Å². The molecule has 1 aliphatic rings. The van der Waals surface area contributed by atoms with Gasteiger partial charge in [0.05, 0.1) is 7.11 Å². The molecule has 0 saturated heterocycles. The molecule has 2 nitrogen and oxygen atoms in total. The van der Waals surface area contributed by atoms with Crippen LogP contribution in [0.1, 0.15) is 43.7 Å². The number of nitrogens with two attached hydrogens (primary N) is 1. The fourth-order valence-electron chi connectivity index (χ4n) is 2.53. The van der Waals surface area contributed by atoms with Crippen LogP contribution in [0.4, 0.5) is 0 Å². The molecule has 0 unspecified atom stereocenters. The molecule has 1 aromatic rings. The zero-order valence-corrected chi connectivity index (χ0v) is 12.3. The molecule has 0 spiro atoms. The molecule has 0 radical (unpaired) electrons. The van der Waals surface area contributed by atoms with Crippen LogP contribution in [-0.2, 0) is 5.41 Å². The fourth-order valence-corrected chi connectivity index (χ4v) is 2.97. The summed E-state index contributed by atoms with van der Waals surface area (Å²) in [6, 6.07) is 4.27. The lowest BCUT2D eigenvalue weighted by atomic mass is 9.86. The lowest BCUT2D eigenvalue weighted by Crippen LogP contribution is -2.22. The molecule has 94 valence electrons. The summed E-state index contributed by atoms with van der Waals surface area (Å²) in [5, 5.41) is 0. The van der Waals surface area contributed by atoms with Gasteiger partial charge in [-0.25, -0.2) is 0 Å². The summed E-state index contributed by atoms with van der Waals surface area (Å²) in [5.41, 5.74) is 8.85. The van der Waals surface area contributed by atoms with Crippen molar-refractivity contribution in [3.05, 3.63) is 27.7 Å². The monoisotopic (exact) mass is 297 g/mol. The molecular weight excluding hydrogens is 278 g/mol. The Morgan fingerprint density at radius 2 is 2.06 bits per heavy atom. The minimum atomic E-state index is 0.205. The second-order valence-corrected chi connectivity index (χ2v) is 6.12. The summed E-state index contributed by atoms with van der Waals surface area (Å²) >= 11 is 3.57. The molecule has 2 rings (SSSR count). The van der Waals surface area contributed by atoms with Crippen molar-refractivity contribution in [2.45, 2.75) is 38.0 Å². The minimum absolute atomic E-state index is 0.205. The number of hydrogen-bond donors (Lipinski definition) is 1. The van der Waals surface area contributed by atoms with Crippen molar-refractivity contribution in [3.63, 3.8) is 0 Å². The van der Waals surface area contributed by atoms with E-state index in [0.717, 1.165) is 16.8 Å². The zero-order chi connectivity index (χ0) is 12.6. The van der Waals surface area contributed by atoms with Crippen molar-refractivity contribution < 1.29 is 4.74 Å². The molecule has 0 bridgehead atoms. The predicted molar refractivity (Wildman–Crippen MR) is 74.7 cm³/mol. The molecule has 3 heteroatoms. The molecule has 0 atom stereocenters. The number of benzene rings is 1. The van der Waals surface area contributed by atoms with Crippen molar-refractivity contribution >= 4 is 15.9 Å². The van der Waals surface area contributed by atoms with Gasteiger partial charge in [0.1, 0.15) is 5.75 Å². The van der Waals surface area contributed by atoms with E-state index < -0.39 is 0 Å². The summed E-state index contributed by atoms with van der Waals surface area (Å²) in [4.78, 5) is 0. The third-order valence-corrected chi connectivity index (χ3v) is 4.18. The Morgan fingerprint density at radius 1 is 1.41 bits per heavy atom. The molecule has 1 aliphatic carbocycles. The van der Waals surface area contributed by atoms with Gasteiger partial charge in [0.2, 0.25) is 0 Å². The largest absolute Gasteiger partial charge is 0.496 e. The van der Waals surface area contributed by atoms with Crippen LogP contribution in [-0.4, -0.2) is 13.7 Å². The van der Waals surface area contributed by atoms with Crippen LogP contribution in [0, 0.1) is 0 Å². The molecule has 0 amide bonds. The first-order valence-corrected chi connectivity index (χ1v) is 6.91. The Morgan fingerprint density at radius 3 is 2.47 bits per heavy atom. The third kappa shape index (κ3) is 2.23. The highest BCUT2D eigenvalue weighted by molar-refractivity contribution is 9.10. The van der Waals surface area contributed by atoms with Gasteiger partial charge in [0, 0.05) is 22.0 Å². The maximum Gasteiger partial charge on any atom is 0.123 e. The second-order valence-electron chi connectivity index (χ2n) is 5.21. The number of methoxy groups -OCH3 is 1. The Labute approximate surface area is 112 Å². The Hall–Kier alpha value is -0.540. The van der Waals surface area contributed by atoms with Gasteiger partial charge in [-0.2, -0.15) is 0 Å². The average molecular weight is 298 g/mol. The minimum Gasteiger partial charge on any atom is -0.496 e. The van der Waals surface area contributed by atoms with Crippen LogP contribution in [0.25, 0.3) is 0 Å². The van der Waals surface area contributed by atoms with Crippen LogP contribution < -0.4 is 10.5 Å². The molecule has 1 fully saturated rings. The van der Waals surface area contributed by atoms with Crippen molar-refractivity contribution in [1.82, 2.24) is 0 Å². The van der Waals surface area contributed by atoms with E-state index >= 15 is 0 Å². The Kier molecular flexibility index (Phi) is 3.50. The highest BCUT2D eigenvalue weighted by Crippen LogP contribution is 2.52. The normalized spacial score (nSPS) is 17.3. The standard InChI is InChI=1S/C14H20BrNO/c1-9(2)13-11(14(8-16)4-5-14)6-10(15)7-12(13)17-3/h6-7,9H,4-5,8,16H2,1-3H3. The summed E-state index contributed by atoms with van der Waals surface area (Å²) in [7, 11) is 1.74. The summed E-state index contributed by atoms with van der Waals surface area (Å²) in [5.74, 6) is 1.43. The first kappa shape index (κ1) is 12.9. The average Bonchev–Trinajstić information content (AvgIpc) is 3.08. The van der Waals surface area contributed by atoms with Crippen LogP contribution >= 0.6 is 15.9 Å². The molecule has 2 N–H and O–H groups in total. The predicted octanol–water partition coefficient (Wildman–Crippen LogP) is 3.57. The molecule has 0 heterocycles. The van der Waals surface area contributed by atoms with E-state index in [9.17, 15) is 0 Å². The number of hydrogen-bond acceptors (Lipinski definition) is 2. The van der Waals surface area contributed by atoms with E-state index in [1.807, 2.05) is 6.07 Å². The smallest absolute Gasteiger partial charge is 0.123 e. The lowest BCUT2D eigenvalue weighted by Gasteiger charge is -2.23. The van der Waals surface area contributed by atoms with Crippen molar-refractivity contribution in [2.75, 3.05) is 13.7 Å². The maximum absolute atomic E-state index is 5.96. The van der Waals surface area contributed by atoms with E-state index in [0.29, 0.717) is 5.92 Å².